The van der Waals surface area contributed by atoms with Gasteiger partial charge in [-0.15, -0.1) is 24.9 Å². The maximum atomic E-state index is 12.3. The summed E-state index contributed by atoms with van der Waals surface area (Å²) in [7, 11) is 1.99. The molecule has 3 nitrogen and oxygen atoms in total. The van der Waals surface area contributed by atoms with Gasteiger partial charge in [0, 0.05) is 16.6 Å². The number of alkyl halides is 3. The minimum Gasteiger partial charge on any atom is -0.406 e. The first kappa shape index (κ1) is 19.0. The molecule has 0 saturated carbocycles. The number of hydrogen-bond donors (Lipinski definition) is 1. The average molecular weight is 336 g/mol. The highest BCUT2D eigenvalue weighted by molar-refractivity contribution is 8.00. The van der Waals surface area contributed by atoms with Crippen LogP contribution in [-0.4, -0.2) is 29.7 Å². The minimum atomic E-state index is -4.70. The van der Waals surface area contributed by atoms with E-state index in [4.69, 9.17) is 5.73 Å². The first-order valence-corrected chi connectivity index (χ1v) is 7.93. The molecule has 0 bridgehead atoms. The van der Waals surface area contributed by atoms with Gasteiger partial charge >= 0.3 is 6.36 Å². The van der Waals surface area contributed by atoms with E-state index in [0.29, 0.717) is 22.5 Å². The fraction of sp³-hybridized carbons (Fsp3) is 0.600. The number of hydrogen-bond acceptors (Lipinski definition) is 4. The third-order valence-electron chi connectivity index (χ3n) is 3.70. The fourth-order valence-electron chi connectivity index (χ4n) is 1.88. The number of anilines is 1. The Morgan fingerprint density at radius 2 is 1.77 bits per heavy atom. The van der Waals surface area contributed by atoms with Crippen molar-refractivity contribution in [3.05, 3.63) is 18.2 Å². The molecule has 0 aliphatic carbocycles. The highest BCUT2D eigenvalue weighted by atomic mass is 32.2. The molecule has 0 aromatic heterocycles. The first-order valence-electron chi connectivity index (χ1n) is 7.05. The number of rotatable bonds is 6. The van der Waals surface area contributed by atoms with E-state index in [1.165, 1.54) is 30.0 Å². The molecule has 2 N–H and O–H groups in total. The topological polar surface area (TPSA) is 38.5 Å². The van der Waals surface area contributed by atoms with Crippen LogP contribution >= 0.6 is 11.8 Å². The number of halogens is 3. The summed E-state index contributed by atoms with van der Waals surface area (Å²) in [5, 5.41) is 0.0702. The second-order valence-electron chi connectivity index (χ2n) is 5.61. The molecule has 0 spiro atoms. The van der Waals surface area contributed by atoms with Crippen molar-refractivity contribution in [1.29, 1.82) is 0 Å². The highest BCUT2D eigenvalue weighted by Gasteiger charge is 2.31. The van der Waals surface area contributed by atoms with Crippen LogP contribution in [0.2, 0.25) is 0 Å². The van der Waals surface area contributed by atoms with Gasteiger partial charge in [-0.2, -0.15) is 0 Å². The van der Waals surface area contributed by atoms with Crippen molar-refractivity contribution in [2.24, 2.45) is 5.92 Å². The summed E-state index contributed by atoms with van der Waals surface area (Å²) in [6.45, 7) is 8.38. The lowest BCUT2D eigenvalue weighted by Gasteiger charge is -2.33. The van der Waals surface area contributed by atoms with E-state index < -0.39 is 6.36 Å². The lowest BCUT2D eigenvalue weighted by Crippen LogP contribution is -2.38. The Labute approximate surface area is 134 Å². The van der Waals surface area contributed by atoms with Gasteiger partial charge < -0.3 is 10.5 Å². The van der Waals surface area contributed by atoms with Crippen LogP contribution in [0.1, 0.15) is 27.7 Å². The molecule has 0 radical (unpaired) electrons. The molecule has 0 aliphatic heterocycles. The SMILES string of the molecule is CC(C)C(C)N(C)C(C)Sc1cc(OC(F)(F)F)ccc1N. The average Bonchev–Trinajstić information content (AvgIpc) is 2.38. The minimum absolute atomic E-state index is 0.0702. The number of nitrogens with two attached hydrogens (primary N) is 1. The van der Waals surface area contributed by atoms with Crippen molar-refractivity contribution in [3.63, 3.8) is 0 Å². The van der Waals surface area contributed by atoms with Crippen LogP contribution in [0.5, 0.6) is 5.75 Å². The van der Waals surface area contributed by atoms with Gasteiger partial charge in [0.25, 0.3) is 0 Å². The molecule has 0 amide bonds. The predicted octanol–water partition coefficient (Wildman–Crippen LogP) is 4.58. The predicted molar refractivity (Wildman–Crippen MR) is 84.9 cm³/mol. The van der Waals surface area contributed by atoms with Gasteiger partial charge in [0.2, 0.25) is 0 Å². The van der Waals surface area contributed by atoms with Crippen LogP contribution in [0.15, 0.2) is 23.1 Å². The summed E-state index contributed by atoms with van der Waals surface area (Å²) < 4.78 is 40.8. The van der Waals surface area contributed by atoms with Crippen molar-refractivity contribution < 1.29 is 17.9 Å². The molecule has 22 heavy (non-hydrogen) atoms. The van der Waals surface area contributed by atoms with Gasteiger partial charge in [0.05, 0.1) is 5.37 Å². The van der Waals surface area contributed by atoms with Gasteiger partial charge in [-0.1, -0.05) is 13.8 Å². The van der Waals surface area contributed by atoms with Crippen LogP contribution in [0.3, 0.4) is 0 Å². The maximum Gasteiger partial charge on any atom is 0.573 e. The molecule has 0 heterocycles. The summed E-state index contributed by atoms with van der Waals surface area (Å²) >= 11 is 1.42. The van der Waals surface area contributed by atoms with E-state index >= 15 is 0 Å². The third-order valence-corrected chi connectivity index (χ3v) is 4.98. The monoisotopic (exact) mass is 336 g/mol. The van der Waals surface area contributed by atoms with Crippen LogP contribution < -0.4 is 10.5 Å². The molecule has 0 saturated heterocycles. The van der Waals surface area contributed by atoms with Crippen LogP contribution in [-0.2, 0) is 0 Å². The fourth-order valence-corrected chi connectivity index (χ4v) is 3.00. The normalized spacial score (nSPS) is 15.2. The zero-order chi connectivity index (χ0) is 17.1. The van der Waals surface area contributed by atoms with E-state index in [-0.39, 0.29) is 11.1 Å². The van der Waals surface area contributed by atoms with Crippen molar-refractivity contribution >= 4 is 17.4 Å². The number of ether oxygens (including phenoxy) is 1. The van der Waals surface area contributed by atoms with E-state index in [9.17, 15) is 13.2 Å². The molecular formula is C15H23F3N2OS. The number of nitrogen functional groups attached to an aromatic ring is 1. The first-order chi connectivity index (χ1) is 10.0. The molecular weight excluding hydrogens is 313 g/mol. The number of nitrogens with zero attached hydrogens (tertiary/aromatic N) is 1. The molecule has 1 aromatic carbocycles. The Kier molecular flexibility index (Phi) is 6.43. The van der Waals surface area contributed by atoms with Crippen molar-refractivity contribution in [2.45, 2.75) is 50.4 Å². The van der Waals surface area contributed by atoms with Gasteiger partial charge in [0.1, 0.15) is 5.75 Å². The summed E-state index contributed by atoms with van der Waals surface area (Å²) in [6, 6.07) is 4.33. The van der Waals surface area contributed by atoms with Crippen LogP contribution in [0, 0.1) is 5.92 Å². The summed E-state index contributed by atoms with van der Waals surface area (Å²) in [4.78, 5) is 2.75. The van der Waals surface area contributed by atoms with Gasteiger partial charge in [-0.3, -0.25) is 4.90 Å². The molecule has 1 aromatic rings. The molecule has 0 aliphatic rings. The molecule has 2 atom stereocenters. The maximum absolute atomic E-state index is 12.3. The Balaban J connectivity index is 2.86. The Hall–Kier alpha value is -1.08. The van der Waals surface area contributed by atoms with E-state index in [0.717, 1.165) is 0 Å². The largest absolute Gasteiger partial charge is 0.573 e. The summed E-state index contributed by atoms with van der Waals surface area (Å²) in [5.74, 6) is 0.223. The summed E-state index contributed by atoms with van der Waals surface area (Å²) in [5.41, 5.74) is 6.30. The van der Waals surface area contributed by atoms with E-state index in [1.54, 1.807) is 0 Å². The van der Waals surface area contributed by atoms with Crippen molar-refractivity contribution in [3.8, 4) is 5.75 Å². The quantitative estimate of drug-likeness (QED) is 0.469. The van der Waals surface area contributed by atoms with Crippen molar-refractivity contribution in [1.82, 2.24) is 4.90 Å². The van der Waals surface area contributed by atoms with Gasteiger partial charge in [-0.25, -0.2) is 0 Å². The van der Waals surface area contributed by atoms with Gasteiger partial charge in [-0.05, 0) is 45.0 Å². The zero-order valence-corrected chi connectivity index (χ0v) is 14.3. The summed E-state index contributed by atoms with van der Waals surface area (Å²) in [6.07, 6.45) is -4.70. The Morgan fingerprint density at radius 3 is 2.27 bits per heavy atom. The van der Waals surface area contributed by atoms with Crippen molar-refractivity contribution in [2.75, 3.05) is 12.8 Å². The van der Waals surface area contributed by atoms with E-state index in [1.807, 2.05) is 14.0 Å². The Bertz CT molecular complexity index is 494. The number of benzene rings is 1. The number of thioether (sulfide) groups is 1. The smallest absolute Gasteiger partial charge is 0.406 e. The molecule has 1 rings (SSSR count). The standard InChI is InChI=1S/C15H23F3N2OS/c1-9(2)10(3)20(5)11(4)22-14-8-12(6-7-13(14)19)21-15(16,17)18/h6-11H,19H2,1-5H3. The third kappa shape index (κ3) is 5.61. The second-order valence-corrected chi connectivity index (χ2v) is 6.97. The lowest BCUT2D eigenvalue weighted by atomic mass is 10.1. The molecule has 2 unspecified atom stereocenters. The Morgan fingerprint density at radius 1 is 1.18 bits per heavy atom. The van der Waals surface area contributed by atoms with Crippen LogP contribution in [0.25, 0.3) is 0 Å². The molecule has 126 valence electrons. The second kappa shape index (κ2) is 7.46. The van der Waals surface area contributed by atoms with Gasteiger partial charge in [0.15, 0.2) is 0 Å². The molecule has 7 heteroatoms. The zero-order valence-electron chi connectivity index (χ0n) is 13.4. The van der Waals surface area contributed by atoms with Crippen LogP contribution in [0.4, 0.5) is 18.9 Å². The van der Waals surface area contributed by atoms with E-state index in [2.05, 4.69) is 30.4 Å². The molecule has 0 fully saturated rings. The lowest BCUT2D eigenvalue weighted by molar-refractivity contribution is -0.274. The highest BCUT2D eigenvalue weighted by Crippen LogP contribution is 2.35.